The Kier molecular flexibility index (Phi) is 5.87. The number of anilines is 1. The van der Waals surface area contributed by atoms with Crippen LogP contribution in [0.25, 0.3) is 11.2 Å². The Hall–Kier alpha value is -3.43. The Balaban J connectivity index is 1.95. The predicted octanol–water partition coefficient (Wildman–Crippen LogP) is 1.83. The molecule has 3 aromatic heterocycles. The zero-order valence-electron chi connectivity index (χ0n) is 16.0. The lowest BCUT2D eigenvalue weighted by molar-refractivity contribution is 0.0600. The van der Waals surface area contributed by atoms with Gasteiger partial charge in [0.25, 0.3) is 6.01 Å². The minimum atomic E-state index is -0.445. The molecule has 0 saturated carbocycles. The summed E-state index contributed by atoms with van der Waals surface area (Å²) in [7, 11) is 2.83. The summed E-state index contributed by atoms with van der Waals surface area (Å²) in [5.74, 6) is -0.235. The number of hydrogen-bond acceptors (Lipinski definition) is 9. The smallest absolute Gasteiger partial charge is 0.339 e. The van der Waals surface area contributed by atoms with E-state index in [1.165, 1.54) is 20.4 Å². The van der Waals surface area contributed by atoms with Gasteiger partial charge in [0, 0.05) is 6.20 Å². The number of esters is 1. The molecular weight excluding hydrogens is 364 g/mol. The van der Waals surface area contributed by atoms with Gasteiger partial charge in [-0.2, -0.15) is 15.0 Å². The van der Waals surface area contributed by atoms with Crippen molar-refractivity contribution in [2.75, 3.05) is 26.6 Å². The zero-order chi connectivity index (χ0) is 20.1. The van der Waals surface area contributed by atoms with Gasteiger partial charge in [-0.25, -0.2) is 4.79 Å². The molecule has 0 aliphatic heterocycles. The topological polar surface area (TPSA) is 127 Å². The molecule has 3 aromatic rings. The van der Waals surface area contributed by atoms with Crippen molar-refractivity contribution in [3.8, 4) is 12.0 Å². The number of nitrogens with two attached hydrogens (primary N) is 1. The third-order valence-corrected chi connectivity index (χ3v) is 4.04. The summed E-state index contributed by atoms with van der Waals surface area (Å²) in [6, 6.07) is 3.88. The van der Waals surface area contributed by atoms with Crippen LogP contribution in [0.15, 0.2) is 18.3 Å². The van der Waals surface area contributed by atoms with Crippen molar-refractivity contribution in [3.63, 3.8) is 0 Å². The van der Waals surface area contributed by atoms with Gasteiger partial charge in [-0.05, 0) is 18.6 Å². The molecule has 28 heavy (non-hydrogen) atoms. The monoisotopic (exact) mass is 386 g/mol. The molecule has 148 valence electrons. The highest BCUT2D eigenvalue weighted by atomic mass is 16.5. The van der Waals surface area contributed by atoms with E-state index in [-0.39, 0.29) is 11.8 Å². The van der Waals surface area contributed by atoms with Crippen molar-refractivity contribution in [1.82, 2.24) is 24.5 Å². The fourth-order valence-corrected chi connectivity index (χ4v) is 2.57. The summed E-state index contributed by atoms with van der Waals surface area (Å²) >= 11 is 0. The van der Waals surface area contributed by atoms with Gasteiger partial charge in [-0.3, -0.25) is 9.55 Å². The number of hydrogen-bond donors (Lipinski definition) is 1. The molecular formula is C18H22N6O4. The average molecular weight is 386 g/mol. The van der Waals surface area contributed by atoms with Gasteiger partial charge in [0.05, 0.1) is 38.6 Å². The maximum Gasteiger partial charge on any atom is 0.339 e. The van der Waals surface area contributed by atoms with Gasteiger partial charge >= 0.3 is 12.0 Å². The van der Waals surface area contributed by atoms with Crippen LogP contribution in [0.5, 0.6) is 12.0 Å². The molecule has 0 atom stereocenters. The van der Waals surface area contributed by atoms with Gasteiger partial charge in [-0.15, -0.1) is 0 Å². The number of pyridine rings is 1. The third kappa shape index (κ3) is 3.95. The van der Waals surface area contributed by atoms with Gasteiger partial charge in [0.2, 0.25) is 0 Å². The van der Waals surface area contributed by atoms with Crippen LogP contribution in [0, 0.1) is 0 Å². The average Bonchev–Trinajstić information content (AvgIpc) is 3.06. The lowest BCUT2D eigenvalue weighted by atomic mass is 10.2. The molecule has 2 N–H and O–H groups in total. The molecule has 0 saturated heterocycles. The van der Waals surface area contributed by atoms with Crippen molar-refractivity contribution >= 4 is 23.0 Å². The fourth-order valence-electron chi connectivity index (χ4n) is 2.57. The number of nitrogens with zero attached hydrogens (tertiary/aromatic N) is 5. The number of carbonyl (C=O) groups excluding carboxylic acids is 1. The van der Waals surface area contributed by atoms with Crippen LogP contribution in [0.4, 0.5) is 5.82 Å². The summed E-state index contributed by atoms with van der Waals surface area (Å²) in [6.45, 7) is 2.88. The van der Waals surface area contributed by atoms with E-state index in [0.29, 0.717) is 41.6 Å². The minimum absolute atomic E-state index is 0.191. The van der Waals surface area contributed by atoms with Crippen LogP contribution >= 0.6 is 0 Å². The summed E-state index contributed by atoms with van der Waals surface area (Å²) in [6.07, 6.45) is 3.34. The largest absolute Gasteiger partial charge is 0.468 e. The van der Waals surface area contributed by atoms with E-state index in [1.807, 2.05) is 0 Å². The lowest BCUT2D eigenvalue weighted by Gasteiger charge is -2.08. The lowest BCUT2D eigenvalue weighted by Crippen LogP contribution is -2.08. The first-order valence-electron chi connectivity index (χ1n) is 8.81. The maximum absolute atomic E-state index is 11.6. The van der Waals surface area contributed by atoms with Crippen molar-refractivity contribution in [2.45, 2.75) is 26.3 Å². The second kappa shape index (κ2) is 8.51. The van der Waals surface area contributed by atoms with Gasteiger partial charge in [0.15, 0.2) is 17.0 Å². The van der Waals surface area contributed by atoms with Crippen LogP contribution in [0.1, 0.15) is 35.8 Å². The Morgan fingerprint density at radius 3 is 2.68 bits per heavy atom. The number of nitrogen functional groups attached to an aromatic ring is 1. The Morgan fingerprint density at radius 1 is 1.21 bits per heavy atom. The van der Waals surface area contributed by atoms with Gasteiger partial charge < -0.3 is 19.9 Å². The summed E-state index contributed by atoms with van der Waals surface area (Å²) in [5.41, 5.74) is 7.98. The quantitative estimate of drug-likeness (QED) is 0.455. The number of fused-ring (bicyclic) bond motifs is 1. The van der Waals surface area contributed by atoms with E-state index in [9.17, 15) is 4.79 Å². The van der Waals surface area contributed by atoms with Gasteiger partial charge in [-0.1, -0.05) is 13.3 Å². The first kappa shape index (κ1) is 19.3. The summed E-state index contributed by atoms with van der Waals surface area (Å²) in [5, 5.41) is 0. The summed E-state index contributed by atoms with van der Waals surface area (Å²) in [4.78, 5) is 28.8. The molecule has 10 heteroatoms. The van der Waals surface area contributed by atoms with Crippen LogP contribution < -0.4 is 15.2 Å². The molecule has 3 rings (SSSR count). The number of aromatic nitrogens is 5. The first-order valence-corrected chi connectivity index (χ1v) is 8.81. The van der Waals surface area contributed by atoms with E-state index in [0.717, 1.165) is 12.8 Å². The number of ether oxygens (including phenoxy) is 3. The Labute approximate surface area is 161 Å². The fraction of sp³-hybridized carbons (Fsp3) is 0.389. The SMILES string of the molecule is CCCCOc1nc(N)c2nc(OC)n(Cc3ccc(C(=O)OC)cn3)c2n1. The number of methoxy groups -OCH3 is 2. The van der Waals surface area contributed by atoms with Crippen molar-refractivity contribution < 1.29 is 19.0 Å². The normalized spacial score (nSPS) is 10.8. The zero-order valence-corrected chi connectivity index (χ0v) is 16.0. The molecule has 3 heterocycles. The van der Waals surface area contributed by atoms with E-state index in [2.05, 4.69) is 31.6 Å². The van der Waals surface area contributed by atoms with Crippen LogP contribution in [0.3, 0.4) is 0 Å². The van der Waals surface area contributed by atoms with Crippen LogP contribution in [-0.4, -0.2) is 51.3 Å². The molecule has 0 aliphatic carbocycles. The van der Waals surface area contributed by atoms with Gasteiger partial charge in [0.1, 0.15) is 0 Å². The number of carbonyl (C=O) groups is 1. The first-order chi connectivity index (χ1) is 13.6. The third-order valence-electron chi connectivity index (χ3n) is 4.04. The highest BCUT2D eigenvalue weighted by Crippen LogP contribution is 2.26. The second-order valence-corrected chi connectivity index (χ2v) is 5.98. The molecule has 0 radical (unpaired) electrons. The Bertz CT molecular complexity index is 970. The summed E-state index contributed by atoms with van der Waals surface area (Å²) < 4.78 is 17.4. The molecule has 0 amide bonds. The standard InChI is InChI=1S/C18H22N6O4/c1-4-5-8-28-17-22-14(19)13-15(23-17)24(18(21-13)27-3)10-12-7-6-11(9-20-12)16(25)26-2/h6-7,9H,4-5,8,10H2,1-3H3,(H2,19,22,23). The molecule has 0 spiro atoms. The Morgan fingerprint density at radius 2 is 2.04 bits per heavy atom. The minimum Gasteiger partial charge on any atom is -0.468 e. The molecule has 0 fully saturated rings. The van der Waals surface area contributed by atoms with Crippen LogP contribution in [0.2, 0.25) is 0 Å². The van der Waals surface area contributed by atoms with Crippen LogP contribution in [-0.2, 0) is 11.3 Å². The van der Waals surface area contributed by atoms with Crippen molar-refractivity contribution in [2.24, 2.45) is 0 Å². The number of rotatable bonds is 8. The van der Waals surface area contributed by atoms with E-state index in [1.54, 1.807) is 16.7 Å². The number of imidazole rings is 1. The highest BCUT2D eigenvalue weighted by molar-refractivity contribution is 5.88. The number of unbranched alkanes of at least 4 members (excludes halogenated alkanes) is 1. The molecule has 0 aliphatic rings. The van der Waals surface area contributed by atoms with Crippen molar-refractivity contribution in [1.29, 1.82) is 0 Å². The van der Waals surface area contributed by atoms with E-state index in [4.69, 9.17) is 15.2 Å². The predicted molar refractivity (Wildman–Crippen MR) is 101 cm³/mol. The molecule has 0 unspecified atom stereocenters. The maximum atomic E-state index is 11.6. The van der Waals surface area contributed by atoms with E-state index < -0.39 is 5.97 Å². The molecule has 10 nitrogen and oxygen atoms in total. The second-order valence-electron chi connectivity index (χ2n) is 5.98. The molecule has 0 aromatic carbocycles. The highest BCUT2D eigenvalue weighted by Gasteiger charge is 2.18. The van der Waals surface area contributed by atoms with Crippen molar-refractivity contribution in [3.05, 3.63) is 29.6 Å². The molecule has 0 bridgehead atoms. The van der Waals surface area contributed by atoms with E-state index >= 15 is 0 Å².